The zero-order valence-electron chi connectivity index (χ0n) is 12.6. The number of carbonyl (C=O) groups is 2. The molecule has 21 heavy (non-hydrogen) atoms. The Morgan fingerprint density at radius 3 is 2.48 bits per heavy atom. The summed E-state index contributed by atoms with van der Waals surface area (Å²) in [5.41, 5.74) is 0.486. The fraction of sp³-hybridized carbons (Fsp3) is 0.500. The molecule has 0 unspecified atom stereocenters. The number of hydrogen-bond donors (Lipinski definition) is 0. The largest absolute Gasteiger partial charge is 0.444 e. The lowest BCUT2D eigenvalue weighted by Gasteiger charge is -2.39. The van der Waals surface area contributed by atoms with Crippen LogP contribution in [0, 0.1) is 5.92 Å². The van der Waals surface area contributed by atoms with Gasteiger partial charge in [-0.25, -0.2) is 4.79 Å². The maximum absolute atomic E-state index is 12.2. The molecule has 1 aliphatic rings. The van der Waals surface area contributed by atoms with Crippen LogP contribution in [-0.2, 0) is 16.0 Å². The molecule has 0 spiro atoms. The first kappa shape index (κ1) is 16.0. The Morgan fingerprint density at radius 1 is 1.29 bits per heavy atom. The number of hydrogen-bond acceptors (Lipinski definition) is 3. The molecular formula is C16H20BrNO3. The van der Waals surface area contributed by atoms with Crippen LogP contribution in [0.1, 0.15) is 26.3 Å². The lowest BCUT2D eigenvalue weighted by atomic mass is 9.91. The molecule has 1 fully saturated rings. The van der Waals surface area contributed by atoms with Gasteiger partial charge in [0, 0.05) is 24.0 Å². The van der Waals surface area contributed by atoms with Crippen molar-refractivity contribution in [2.24, 2.45) is 5.92 Å². The zero-order valence-corrected chi connectivity index (χ0v) is 14.1. The summed E-state index contributed by atoms with van der Waals surface area (Å²) in [7, 11) is 0. The molecule has 0 aromatic heterocycles. The molecule has 0 bridgehead atoms. The first-order chi connectivity index (χ1) is 9.76. The summed E-state index contributed by atoms with van der Waals surface area (Å²) >= 11 is 3.45. The topological polar surface area (TPSA) is 46.6 Å². The first-order valence-electron chi connectivity index (χ1n) is 7.00. The van der Waals surface area contributed by atoms with Gasteiger partial charge in [-0.15, -0.1) is 0 Å². The summed E-state index contributed by atoms with van der Waals surface area (Å²) in [6.45, 7) is 6.41. The van der Waals surface area contributed by atoms with E-state index >= 15 is 0 Å². The molecule has 1 aliphatic heterocycles. The molecule has 1 saturated heterocycles. The monoisotopic (exact) mass is 353 g/mol. The van der Waals surface area contributed by atoms with Crippen LogP contribution in [0.4, 0.5) is 4.79 Å². The van der Waals surface area contributed by atoms with Crippen molar-refractivity contribution in [1.82, 2.24) is 4.90 Å². The molecule has 0 saturated carbocycles. The average Bonchev–Trinajstić information content (AvgIpc) is 2.27. The second-order valence-corrected chi connectivity index (χ2v) is 7.17. The van der Waals surface area contributed by atoms with Gasteiger partial charge in [-0.2, -0.15) is 0 Å². The average molecular weight is 354 g/mol. The van der Waals surface area contributed by atoms with E-state index in [2.05, 4.69) is 15.9 Å². The van der Waals surface area contributed by atoms with Crippen LogP contribution in [-0.4, -0.2) is 35.5 Å². The molecular weight excluding hydrogens is 334 g/mol. The number of halogens is 1. The highest BCUT2D eigenvalue weighted by Crippen LogP contribution is 2.23. The Hall–Kier alpha value is -1.36. The Balaban J connectivity index is 1.83. The molecule has 0 N–H and O–H groups in total. The standard InChI is InChI=1S/C16H20BrNO3/c1-16(2,3)21-15(20)18-9-12(10-18)14(19)8-11-6-4-5-7-13(11)17/h4-7,12H,8-10H2,1-3H3. The third-order valence-electron chi connectivity index (χ3n) is 3.31. The van der Waals surface area contributed by atoms with Gasteiger partial charge < -0.3 is 9.64 Å². The number of likely N-dealkylation sites (tertiary alicyclic amines) is 1. The number of rotatable bonds is 3. The zero-order chi connectivity index (χ0) is 15.6. The van der Waals surface area contributed by atoms with Gasteiger partial charge in [0.25, 0.3) is 0 Å². The van der Waals surface area contributed by atoms with E-state index in [1.807, 2.05) is 45.0 Å². The van der Waals surface area contributed by atoms with E-state index in [4.69, 9.17) is 4.74 Å². The van der Waals surface area contributed by atoms with Crippen LogP contribution in [0.15, 0.2) is 28.7 Å². The lowest BCUT2D eigenvalue weighted by molar-refractivity contribution is -0.126. The minimum atomic E-state index is -0.499. The summed E-state index contributed by atoms with van der Waals surface area (Å²) in [5, 5.41) is 0. The van der Waals surface area contributed by atoms with Crippen molar-refractivity contribution in [3.05, 3.63) is 34.3 Å². The highest BCUT2D eigenvalue weighted by atomic mass is 79.9. The highest BCUT2D eigenvalue weighted by molar-refractivity contribution is 9.10. The predicted molar refractivity (Wildman–Crippen MR) is 84.2 cm³/mol. The van der Waals surface area contributed by atoms with Crippen LogP contribution < -0.4 is 0 Å². The lowest BCUT2D eigenvalue weighted by Crippen LogP contribution is -2.54. The number of Topliss-reactive ketones (excluding diaryl/α,β-unsaturated/α-hetero) is 1. The summed E-state index contributed by atoms with van der Waals surface area (Å²) in [6.07, 6.45) is 0.0567. The summed E-state index contributed by atoms with van der Waals surface area (Å²) in [6, 6.07) is 7.70. The molecule has 2 rings (SSSR count). The number of nitrogens with zero attached hydrogens (tertiary/aromatic N) is 1. The maximum atomic E-state index is 12.2. The van der Waals surface area contributed by atoms with Crippen molar-refractivity contribution in [3.8, 4) is 0 Å². The van der Waals surface area contributed by atoms with Gasteiger partial charge in [0.2, 0.25) is 0 Å². The molecule has 5 heteroatoms. The van der Waals surface area contributed by atoms with Crippen molar-refractivity contribution in [1.29, 1.82) is 0 Å². The summed E-state index contributed by atoms with van der Waals surface area (Å²) in [4.78, 5) is 25.6. The summed E-state index contributed by atoms with van der Waals surface area (Å²) in [5.74, 6) is 0.0892. The second-order valence-electron chi connectivity index (χ2n) is 6.32. The quantitative estimate of drug-likeness (QED) is 0.836. The molecule has 0 atom stereocenters. The number of amides is 1. The number of ether oxygens (including phenoxy) is 1. The van der Waals surface area contributed by atoms with Crippen molar-refractivity contribution in [2.45, 2.75) is 32.8 Å². The van der Waals surface area contributed by atoms with Crippen molar-refractivity contribution < 1.29 is 14.3 Å². The van der Waals surface area contributed by atoms with Gasteiger partial charge in [0.05, 0.1) is 5.92 Å². The molecule has 4 nitrogen and oxygen atoms in total. The molecule has 1 heterocycles. The van der Waals surface area contributed by atoms with Gasteiger partial charge in [-0.3, -0.25) is 4.79 Å². The smallest absolute Gasteiger partial charge is 0.410 e. The fourth-order valence-corrected chi connectivity index (χ4v) is 2.56. The van der Waals surface area contributed by atoms with Gasteiger partial charge >= 0.3 is 6.09 Å². The van der Waals surface area contributed by atoms with E-state index in [9.17, 15) is 9.59 Å². The minimum Gasteiger partial charge on any atom is -0.444 e. The van der Waals surface area contributed by atoms with Crippen LogP contribution in [0.2, 0.25) is 0 Å². The molecule has 1 aromatic carbocycles. The molecule has 1 amide bonds. The number of ketones is 1. The van der Waals surface area contributed by atoms with Crippen LogP contribution in [0.5, 0.6) is 0 Å². The summed E-state index contributed by atoms with van der Waals surface area (Å²) < 4.78 is 6.22. The van der Waals surface area contributed by atoms with Gasteiger partial charge in [-0.1, -0.05) is 34.1 Å². The molecule has 0 aliphatic carbocycles. The van der Waals surface area contributed by atoms with E-state index in [0.29, 0.717) is 19.5 Å². The van der Waals surface area contributed by atoms with Crippen LogP contribution in [0.25, 0.3) is 0 Å². The highest BCUT2D eigenvalue weighted by Gasteiger charge is 2.37. The number of benzene rings is 1. The predicted octanol–water partition coefficient (Wildman–Crippen LogP) is 3.43. The SMILES string of the molecule is CC(C)(C)OC(=O)N1CC(C(=O)Cc2ccccc2Br)C1. The Bertz CT molecular complexity index is 545. The third kappa shape index (κ3) is 4.30. The van der Waals surface area contributed by atoms with E-state index in [0.717, 1.165) is 10.0 Å². The maximum Gasteiger partial charge on any atom is 0.410 e. The molecule has 0 radical (unpaired) electrons. The van der Waals surface area contributed by atoms with Crippen molar-refractivity contribution >= 4 is 27.8 Å². The third-order valence-corrected chi connectivity index (χ3v) is 4.08. The van der Waals surface area contributed by atoms with E-state index in [-0.39, 0.29) is 17.8 Å². The van der Waals surface area contributed by atoms with E-state index in [1.165, 1.54) is 0 Å². The Morgan fingerprint density at radius 2 is 1.90 bits per heavy atom. The minimum absolute atomic E-state index is 0.0791. The van der Waals surface area contributed by atoms with Gasteiger partial charge in [0.15, 0.2) is 0 Å². The second kappa shape index (κ2) is 6.18. The van der Waals surface area contributed by atoms with E-state index in [1.54, 1.807) is 4.90 Å². The Kier molecular flexibility index (Phi) is 4.71. The van der Waals surface area contributed by atoms with E-state index < -0.39 is 5.60 Å². The molecule has 1 aromatic rings. The molecule has 114 valence electrons. The fourth-order valence-electron chi connectivity index (χ4n) is 2.13. The first-order valence-corrected chi connectivity index (χ1v) is 7.79. The van der Waals surface area contributed by atoms with Crippen molar-refractivity contribution in [3.63, 3.8) is 0 Å². The number of carbonyl (C=O) groups excluding carboxylic acids is 2. The van der Waals surface area contributed by atoms with Crippen LogP contribution in [0.3, 0.4) is 0 Å². The van der Waals surface area contributed by atoms with Gasteiger partial charge in [-0.05, 0) is 32.4 Å². The Labute approximate surface area is 133 Å². The van der Waals surface area contributed by atoms with Crippen molar-refractivity contribution in [2.75, 3.05) is 13.1 Å². The van der Waals surface area contributed by atoms with Crippen LogP contribution >= 0.6 is 15.9 Å². The van der Waals surface area contributed by atoms with Gasteiger partial charge in [0.1, 0.15) is 11.4 Å². The normalized spacial score (nSPS) is 15.5.